The molecule has 27 heavy (non-hydrogen) atoms. The van der Waals surface area contributed by atoms with Crippen molar-refractivity contribution in [1.29, 1.82) is 0 Å². The third-order valence-corrected chi connectivity index (χ3v) is 5.07. The number of methoxy groups -OCH3 is 1. The zero-order valence-corrected chi connectivity index (χ0v) is 16.0. The van der Waals surface area contributed by atoms with Crippen molar-refractivity contribution in [2.45, 2.75) is 45.7 Å². The number of aryl methyl sites for hydroxylation is 1. The molecule has 2 aromatic rings. The van der Waals surface area contributed by atoms with Crippen LogP contribution in [0.3, 0.4) is 0 Å². The summed E-state index contributed by atoms with van der Waals surface area (Å²) in [6.45, 7) is 5.22. The zero-order chi connectivity index (χ0) is 19.7. The third-order valence-electron chi connectivity index (χ3n) is 5.07. The van der Waals surface area contributed by atoms with Crippen molar-refractivity contribution in [2.75, 3.05) is 7.11 Å². The van der Waals surface area contributed by atoms with E-state index < -0.39 is 12.0 Å². The molecule has 1 amide bonds. The van der Waals surface area contributed by atoms with Gasteiger partial charge in [0.1, 0.15) is 5.69 Å². The summed E-state index contributed by atoms with van der Waals surface area (Å²) in [4.78, 5) is 42.8. The number of aromatic amines is 1. The van der Waals surface area contributed by atoms with Crippen molar-refractivity contribution in [2.24, 2.45) is 0 Å². The fourth-order valence-corrected chi connectivity index (χ4v) is 3.50. The number of hydrogen-bond donors (Lipinski definition) is 1. The van der Waals surface area contributed by atoms with Crippen LogP contribution >= 0.6 is 0 Å². The quantitative estimate of drug-likeness (QED) is 0.627. The molecule has 6 heteroatoms. The Kier molecular flexibility index (Phi) is 5.17. The van der Waals surface area contributed by atoms with E-state index >= 15 is 0 Å². The minimum absolute atomic E-state index is 0.0799. The van der Waals surface area contributed by atoms with E-state index in [2.05, 4.69) is 4.98 Å². The second-order valence-corrected chi connectivity index (χ2v) is 6.97. The van der Waals surface area contributed by atoms with Crippen LogP contribution in [0.1, 0.15) is 62.2 Å². The number of nitrogens with zero attached hydrogens (tertiary/aromatic N) is 1. The molecule has 1 aliphatic carbocycles. The first-order valence-electron chi connectivity index (χ1n) is 9.06. The highest BCUT2D eigenvalue weighted by molar-refractivity contribution is 6.07. The molecular weight excluding hydrogens is 344 g/mol. The normalized spacial score (nSPS) is 14.5. The number of aromatic nitrogens is 1. The van der Waals surface area contributed by atoms with Crippen molar-refractivity contribution < 1.29 is 19.1 Å². The summed E-state index contributed by atoms with van der Waals surface area (Å²) in [7, 11) is 1.30. The number of carbonyl (C=O) groups is 3. The summed E-state index contributed by atoms with van der Waals surface area (Å²) in [5.41, 5.74) is 2.46. The Morgan fingerprint density at radius 1 is 1.15 bits per heavy atom. The fraction of sp³-hybridized carbons (Fsp3) is 0.381. The number of rotatable bonds is 6. The Bertz CT molecular complexity index is 881. The van der Waals surface area contributed by atoms with Crippen LogP contribution in [0.5, 0.6) is 0 Å². The van der Waals surface area contributed by atoms with Gasteiger partial charge in [-0.2, -0.15) is 0 Å². The Morgan fingerprint density at radius 3 is 2.33 bits per heavy atom. The van der Waals surface area contributed by atoms with Crippen molar-refractivity contribution in [3.05, 3.63) is 58.4 Å². The van der Waals surface area contributed by atoms with Gasteiger partial charge in [-0.3, -0.25) is 9.59 Å². The molecule has 0 spiro atoms. The summed E-state index contributed by atoms with van der Waals surface area (Å²) in [6.07, 6.45) is 1.80. The Balaban J connectivity index is 1.93. The SMILES string of the molecule is COC(=O)c1[nH]c(C)c(C(=O)[C@@H](C)N(C(=O)c2ccccc2)C2CC2)c1C. The first-order valence-corrected chi connectivity index (χ1v) is 9.06. The molecule has 1 atom stereocenters. The molecule has 1 saturated carbocycles. The van der Waals surface area contributed by atoms with E-state index in [0.29, 0.717) is 22.4 Å². The number of amides is 1. The van der Waals surface area contributed by atoms with Gasteiger partial charge in [0.2, 0.25) is 0 Å². The molecule has 1 aliphatic rings. The largest absolute Gasteiger partial charge is 0.464 e. The van der Waals surface area contributed by atoms with Gasteiger partial charge in [-0.05, 0) is 51.3 Å². The molecule has 0 saturated heterocycles. The maximum Gasteiger partial charge on any atom is 0.354 e. The Hall–Kier alpha value is -2.89. The standard InChI is InChI=1S/C21H24N2O4/c1-12-17(13(2)22-18(12)21(26)27-4)19(24)14(3)23(16-10-11-16)20(25)15-8-6-5-7-9-15/h5-9,14,16,22H,10-11H2,1-4H3/t14-/m1/s1. The lowest BCUT2D eigenvalue weighted by atomic mass is 9.99. The van der Waals surface area contributed by atoms with Crippen molar-refractivity contribution >= 4 is 17.7 Å². The number of ether oxygens (including phenoxy) is 1. The van der Waals surface area contributed by atoms with Crippen molar-refractivity contribution in [3.8, 4) is 0 Å². The van der Waals surface area contributed by atoms with E-state index in [0.717, 1.165) is 12.8 Å². The Labute approximate surface area is 158 Å². The van der Waals surface area contributed by atoms with Crippen LogP contribution in [0.25, 0.3) is 0 Å². The number of esters is 1. The molecule has 6 nitrogen and oxygen atoms in total. The number of ketones is 1. The van der Waals surface area contributed by atoms with Crippen LogP contribution in [0.15, 0.2) is 30.3 Å². The molecule has 0 aliphatic heterocycles. The molecule has 0 radical (unpaired) electrons. The van der Waals surface area contributed by atoms with Gasteiger partial charge >= 0.3 is 5.97 Å². The van der Waals surface area contributed by atoms with E-state index in [1.54, 1.807) is 37.8 Å². The molecule has 1 aromatic heterocycles. The summed E-state index contributed by atoms with van der Waals surface area (Å²) in [6, 6.07) is 8.46. The van der Waals surface area contributed by atoms with E-state index in [4.69, 9.17) is 4.74 Å². The lowest BCUT2D eigenvalue weighted by molar-refractivity contribution is 0.0591. The van der Waals surface area contributed by atoms with Crippen LogP contribution < -0.4 is 0 Å². The average Bonchev–Trinajstić information content (AvgIpc) is 3.46. The predicted octanol–water partition coefficient (Wildman–Crippen LogP) is 3.29. The molecule has 142 valence electrons. The topological polar surface area (TPSA) is 79.5 Å². The fourth-order valence-electron chi connectivity index (χ4n) is 3.50. The molecule has 3 rings (SSSR count). The van der Waals surface area contributed by atoms with Gasteiger partial charge in [0.05, 0.1) is 13.2 Å². The molecule has 0 unspecified atom stereocenters. The highest BCUT2D eigenvalue weighted by atomic mass is 16.5. The number of carbonyl (C=O) groups excluding carboxylic acids is 3. The van der Waals surface area contributed by atoms with Gasteiger partial charge in [0.25, 0.3) is 5.91 Å². The van der Waals surface area contributed by atoms with Crippen LogP contribution in [0, 0.1) is 13.8 Å². The van der Waals surface area contributed by atoms with Gasteiger partial charge in [0.15, 0.2) is 5.78 Å². The Morgan fingerprint density at radius 2 is 1.78 bits per heavy atom. The van der Waals surface area contributed by atoms with Gasteiger partial charge in [-0.15, -0.1) is 0 Å². The summed E-state index contributed by atoms with van der Waals surface area (Å²) >= 11 is 0. The highest BCUT2D eigenvalue weighted by Crippen LogP contribution is 2.32. The minimum atomic E-state index is -0.621. The lowest BCUT2D eigenvalue weighted by Gasteiger charge is -2.29. The van der Waals surface area contributed by atoms with Crippen LogP contribution in [-0.4, -0.2) is 46.7 Å². The van der Waals surface area contributed by atoms with Crippen LogP contribution in [0.4, 0.5) is 0 Å². The minimum Gasteiger partial charge on any atom is -0.464 e. The van der Waals surface area contributed by atoms with Gasteiger partial charge in [-0.1, -0.05) is 18.2 Å². The summed E-state index contributed by atoms with van der Waals surface area (Å²) in [5.74, 6) is -0.827. The van der Waals surface area contributed by atoms with E-state index in [1.807, 2.05) is 18.2 Å². The predicted molar refractivity (Wildman–Crippen MR) is 101 cm³/mol. The molecule has 1 fully saturated rings. The smallest absolute Gasteiger partial charge is 0.354 e. The third kappa shape index (κ3) is 3.52. The van der Waals surface area contributed by atoms with Gasteiger partial charge in [0, 0.05) is 22.9 Å². The first-order chi connectivity index (χ1) is 12.9. The van der Waals surface area contributed by atoms with E-state index in [9.17, 15) is 14.4 Å². The number of H-pyrrole nitrogens is 1. The summed E-state index contributed by atoms with van der Waals surface area (Å²) < 4.78 is 4.77. The zero-order valence-electron chi connectivity index (χ0n) is 16.0. The monoisotopic (exact) mass is 368 g/mol. The first kappa shape index (κ1) is 18.9. The van der Waals surface area contributed by atoms with E-state index in [-0.39, 0.29) is 23.4 Å². The molecule has 0 bridgehead atoms. The molecule has 1 aromatic carbocycles. The van der Waals surface area contributed by atoms with Gasteiger partial charge in [-0.25, -0.2) is 4.79 Å². The average molecular weight is 368 g/mol. The van der Waals surface area contributed by atoms with Crippen LogP contribution in [-0.2, 0) is 4.74 Å². The second-order valence-electron chi connectivity index (χ2n) is 6.97. The number of nitrogens with one attached hydrogen (secondary N) is 1. The number of Topliss-reactive ketones (excluding diaryl/α,β-unsaturated/α-hetero) is 1. The summed E-state index contributed by atoms with van der Waals surface area (Å²) in [5, 5.41) is 0. The van der Waals surface area contributed by atoms with E-state index in [1.165, 1.54) is 7.11 Å². The van der Waals surface area contributed by atoms with Gasteiger partial charge < -0.3 is 14.6 Å². The number of benzene rings is 1. The molecule has 1 heterocycles. The molecule has 1 N–H and O–H groups in total. The van der Waals surface area contributed by atoms with Crippen molar-refractivity contribution in [1.82, 2.24) is 9.88 Å². The number of hydrogen-bond acceptors (Lipinski definition) is 4. The highest BCUT2D eigenvalue weighted by Gasteiger charge is 2.40. The lowest BCUT2D eigenvalue weighted by Crippen LogP contribution is -2.45. The maximum atomic E-state index is 13.3. The van der Waals surface area contributed by atoms with Crippen molar-refractivity contribution in [3.63, 3.8) is 0 Å². The second kappa shape index (κ2) is 7.39. The molecular formula is C21H24N2O4. The van der Waals surface area contributed by atoms with Crippen LogP contribution in [0.2, 0.25) is 0 Å². The maximum absolute atomic E-state index is 13.3.